The predicted octanol–water partition coefficient (Wildman–Crippen LogP) is 6.18. The third-order valence-corrected chi connectivity index (χ3v) is 7.33. The van der Waals surface area contributed by atoms with Crippen molar-refractivity contribution in [3.63, 3.8) is 0 Å². The molecule has 1 aliphatic heterocycles. The minimum absolute atomic E-state index is 0.164. The summed E-state index contributed by atoms with van der Waals surface area (Å²) in [6.07, 6.45) is 1.10. The molecule has 3 heterocycles. The number of tetrazole rings is 1. The number of hydrogen-bond donors (Lipinski definition) is 2. The lowest BCUT2D eigenvalue weighted by molar-refractivity contribution is -0.143. The van der Waals surface area contributed by atoms with Crippen molar-refractivity contribution < 1.29 is 22.7 Å². The van der Waals surface area contributed by atoms with Gasteiger partial charge in [0.05, 0.1) is 30.5 Å². The Morgan fingerprint density at radius 3 is 2.55 bits per heavy atom. The summed E-state index contributed by atoms with van der Waals surface area (Å²) in [5.74, 6) is 0.408. The summed E-state index contributed by atoms with van der Waals surface area (Å²) in [4.78, 5) is 0. The molecular weight excluding hydrogens is 565 g/mol. The molecule has 0 radical (unpaired) electrons. The molecule has 0 saturated carbocycles. The van der Waals surface area contributed by atoms with Gasteiger partial charge in [0, 0.05) is 33.1 Å². The Hall–Kier alpha value is -3.51. The molecule has 1 aliphatic carbocycles. The zero-order chi connectivity index (χ0) is 26.9. The van der Waals surface area contributed by atoms with Crippen molar-refractivity contribution in [2.24, 2.45) is 0 Å². The van der Waals surface area contributed by atoms with Gasteiger partial charge in [-0.25, -0.2) is 0 Å². The number of aromatic amines is 1. The van der Waals surface area contributed by atoms with Crippen LogP contribution in [0.3, 0.4) is 0 Å². The van der Waals surface area contributed by atoms with Crippen LogP contribution in [0.4, 0.5) is 13.2 Å². The van der Waals surface area contributed by atoms with E-state index < -0.39 is 19.3 Å². The van der Waals surface area contributed by atoms with Crippen molar-refractivity contribution in [3.8, 4) is 33.6 Å². The summed E-state index contributed by atoms with van der Waals surface area (Å²) in [5, 5.41) is 29.0. The van der Waals surface area contributed by atoms with E-state index in [1.807, 2.05) is 37.3 Å². The highest BCUT2D eigenvalue weighted by Gasteiger charge is 2.32. The molecule has 0 atom stereocenters. The smallest absolute Gasteiger partial charge is 0.408 e. The van der Waals surface area contributed by atoms with Crippen LogP contribution in [0.15, 0.2) is 51.7 Å². The Morgan fingerprint density at radius 2 is 1.87 bits per heavy atom. The van der Waals surface area contributed by atoms with E-state index in [1.54, 1.807) is 12.5 Å². The highest BCUT2D eigenvalue weighted by molar-refractivity contribution is 9.10. The largest absolute Gasteiger partial charge is 0.472 e. The first kappa shape index (κ1) is 26.1. The van der Waals surface area contributed by atoms with Crippen LogP contribution in [0.2, 0.25) is 0 Å². The van der Waals surface area contributed by atoms with E-state index in [2.05, 4.69) is 41.7 Å². The highest BCUT2D eigenvalue weighted by atomic mass is 79.9. The van der Waals surface area contributed by atoms with Gasteiger partial charge in [-0.15, -0.1) is 10.2 Å². The minimum Gasteiger partial charge on any atom is -0.472 e. The summed E-state index contributed by atoms with van der Waals surface area (Å²) >= 11 is 3.75. The number of unbranched alkanes of at least 4 members (excludes halogenated alkanes) is 1. The molecule has 8 nitrogen and oxygen atoms in total. The number of aliphatic hydroxyl groups is 1. The van der Waals surface area contributed by atoms with Gasteiger partial charge in [0.2, 0.25) is 5.82 Å². The third kappa shape index (κ3) is 4.97. The maximum Gasteiger partial charge on any atom is 0.408 e. The summed E-state index contributed by atoms with van der Waals surface area (Å²) in [6, 6.07) is 9.41. The molecule has 12 heteroatoms. The van der Waals surface area contributed by atoms with Crippen LogP contribution in [-0.4, -0.2) is 41.7 Å². The van der Waals surface area contributed by atoms with Gasteiger partial charge in [-0.3, -0.25) is 4.68 Å². The summed E-state index contributed by atoms with van der Waals surface area (Å²) < 4.78 is 47.2. The van der Waals surface area contributed by atoms with Crippen molar-refractivity contribution in [3.05, 3.63) is 69.8 Å². The molecule has 5 rings (SSSR count). The quantitative estimate of drug-likeness (QED) is 0.213. The molecule has 2 N–H and O–H groups in total. The number of benzene rings is 1. The first-order chi connectivity index (χ1) is 18.3. The average Bonchev–Trinajstić information content (AvgIpc) is 3.60. The summed E-state index contributed by atoms with van der Waals surface area (Å²) in [7, 11) is 0. The molecule has 3 aromatic rings. The van der Waals surface area contributed by atoms with Gasteiger partial charge >= 0.3 is 6.18 Å². The molecule has 0 fully saturated rings. The topological polar surface area (TPSA) is 106 Å². The second-order valence-corrected chi connectivity index (χ2v) is 9.71. The first-order valence-corrected chi connectivity index (χ1v) is 12.9. The van der Waals surface area contributed by atoms with Crippen molar-refractivity contribution in [2.75, 3.05) is 0 Å². The van der Waals surface area contributed by atoms with E-state index in [-0.39, 0.29) is 12.1 Å². The maximum atomic E-state index is 13.4. The molecule has 0 saturated heterocycles. The van der Waals surface area contributed by atoms with Crippen molar-refractivity contribution in [2.45, 2.75) is 51.9 Å². The van der Waals surface area contributed by atoms with Gasteiger partial charge in [-0.2, -0.15) is 23.5 Å². The SMILES string of the molecule is CCCCc1nn(CC(F)(F)F)c(CO)c1Cc1c2ccocc-2c(Br)c1-c1ccccc1-c1nn[nH]n1. The summed E-state index contributed by atoms with van der Waals surface area (Å²) in [5.41, 5.74) is 6.24. The Balaban J connectivity index is 1.72. The van der Waals surface area contributed by atoms with Crippen LogP contribution in [0.1, 0.15) is 42.3 Å². The summed E-state index contributed by atoms with van der Waals surface area (Å²) in [6.45, 7) is 0.186. The highest BCUT2D eigenvalue weighted by Crippen LogP contribution is 2.49. The zero-order valence-electron chi connectivity index (χ0n) is 20.4. The second kappa shape index (κ2) is 10.7. The van der Waals surface area contributed by atoms with E-state index in [9.17, 15) is 18.3 Å². The van der Waals surface area contributed by atoms with Crippen molar-refractivity contribution in [1.29, 1.82) is 0 Å². The molecule has 0 unspecified atom stereocenters. The number of nitrogens with zero attached hydrogens (tertiary/aromatic N) is 5. The number of halogens is 4. The molecular formula is C26H24BrF3N6O2. The molecule has 1 aromatic carbocycles. The van der Waals surface area contributed by atoms with Crippen LogP contribution < -0.4 is 0 Å². The number of aryl methyl sites for hydroxylation is 1. The fraction of sp³-hybridized carbons (Fsp3) is 0.308. The third-order valence-electron chi connectivity index (χ3n) is 6.50. The van der Waals surface area contributed by atoms with Gasteiger partial charge in [0.15, 0.2) is 0 Å². The number of aliphatic hydroxyl groups excluding tert-OH is 1. The number of hydrogen-bond acceptors (Lipinski definition) is 6. The molecule has 2 aromatic heterocycles. The molecule has 0 bridgehead atoms. The lowest BCUT2D eigenvalue weighted by atomic mass is 9.92. The number of nitrogens with one attached hydrogen (secondary N) is 1. The van der Waals surface area contributed by atoms with Crippen molar-refractivity contribution >= 4 is 15.9 Å². The number of aromatic nitrogens is 6. The zero-order valence-corrected chi connectivity index (χ0v) is 22.0. The van der Waals surface area contributed by atoms with Crippen LogP contribution in [0.25, 0.3) is 33.6 Å². The van der Waals surface area contributed by atoms with Crippen LogP contribution in [-0.2, 0) is 26.0 Å². The maximum absolute atomic E-state index is 13.4. The predicted molar refractivity (Wildman–Crippen MR) is 137 cm³/mol. The molecule has 198 valence electrons. The van der Waals surface area contributed by atoms with Crippen molar-refractivity contribution in [1.82, 2.24) is 30.4 Å². The molecule has 0 amide bonds. The average molecular weight is 589 g/mol. The van der Waals surface area contributed by atoms with Gasteiger partial charge in [0.25, 0.3) is 0 Å². The Kier molecular flexibility index (Phi) is 7.35. The van der Waals surface area contributed by atoms with Gasteiger partial charge in [-0.05, 0) is 56.7 Å². The fourth-order valence-electron chi connectivity index (χ4n) is 4.83. The molecule has 2 aliphatic rings. The minimum atomic E-state index is -4.47. The molecule has 0 spiro atoms. The van der Waals surface area contributed by atoms with Gasteiger partial charge in [0.1, 0.15) is 6.54 Å². The number of alkyl halides is 3. The van der Waals surface area contributed by atoms with Crippen LogP contribution in [0.5, 0.6) is 0 Å². The van der Waals surface area contributed by atoms with Crippen LogP contribution in [0, 0.1) is 0 Å². The number of fused-ring (bicyclic) bond motifs is 1. The Labute approximate surface area is 224 Å². The normalized spacial score (nSPS) is 12.1. The molecule has 38 heavy (non-hydrogen) atoms. The standard InChI is InChI=1S/C26H24BrF3N6O2/c1-2-3-8-21-19(22(12-37)36(33-21)14-26(28,29)30)11-18-15-9-10-38-13-20(15)24(27)23(18)16-6-4-5-7-17(16)25-31-34-35-32-25/h4-7,9-10,13,37H,2-3,8,11-12,14H2,1H3,(H,31,32,34,35). The number of H-pyrrole nitrogens is 1. The lowest BCUT2D eigenvalue weighted by Crippen LogP contribution is -2.20. The Morgan fingerprint density at radius 1 is 1.08 bits per heavy atom. The fourth-order valence-corrected chi connectivity index (χ4v) is 5.59. The van der Waals surface area contributed by atoms with Gasteiger partial charge in [-0.1, -0.05) is 37.6 Å². The first-order valence-electron chi connectivity index (χ1n) is 12.1. The monoisotopic (exact) mass is 588 g/mol. The van der Waals surface area contributed by atoms with Gasteiger partial charge < -0.3 is 9.52 Å². The Bertz CT molecular complexity index is 1510. The van der Waals surface area contributed by atoms with E-state index in [0.29, 0.717) is 23.5 Å². The second-order valence-electron chi connectivity index (χ2n) is 8.92. The van der Waals surface area contributed by atoms with E-state index in [0.717, 1.165) is 55.4 Å². The van der Waals surface area contributed by atoms with E-state index >= 15 is 0 Å². The van der Waals surface area contributed by atoms with E-state index in [4.69, 9.17) is 4.42 Å². The number of rotatable bonds is 9. The van der Waals surface area contributed by atoms with Crippen LogP contribution >= 0.6 is 15.9 Å². The van der Waals surface area contributed by atoms with E-state index in [1.165, 1.54) is 0 Å². The lowest BCUT2D eigenvalue weighted by Gasteiger charge is -2.13.